The number of Topliss-reactive ketones (excluding diaryl/α,β-unsaturated/α-hetero) is 1. The summed E-state index contributed by atoms with van der Waals surface area (Å²) in [6.07, 6.45) is 0.954. The maximum atomic E-state index is 11.9. The van der Waals surface area contributed by atoms with Gasteiger partial charge >= 0.3 is 0 Å². The van der Waals surface area contributed by atoms with Gasteiger partial charge in [-0.1, -0.05) is 52.0 Å². The number of carbonyl (C=O) groups is 2. The molecule has 18 heavy (non-hydrogen) atoms. The first-order valence-corrected chi connectivity index (χ1v) is 6.25. The van der Waals surface area contributed by atoms with Crippen molar-refractivity contribution in [1.29, 1.82) is 0 Å². The van der Waals surface area contributed by atoms with Crippen LogP contribution in [0.4, 0.5) is 0 Å². The van der Waals surface area contributed by atoms with Gasteiger partial charge in [-0.25, -0.2) is 0 Å². The van der Waals surface area contributed by atoms with Crippen LogP contribution >= 0.6 is 0 Å². The second-order valence-electron chi connectivity index (χ2n) is 5.41. The van der Waals surface area contributed by atoms with Crippen LogP contribution in [-0.4, -0.2) is 18.2 Å². The summed E-state index contributed by atoms with van der Waals surface area (Å²) in [5.41, 5.74) is 1.37. The molecule has 3 nitrogen and oxygen atoms in total. The average molecular weight is 247 g/mol. The van der Waals surface area contributed by atoms with Crippen molar-refractivity contribution >= 4 is 11.7 Å². The van der Waals surface area contributed by atoms with Crippen molar-refractivity contribution in [1.82, 2.24) is 5.32 Å². The van der Waals surface area contributed by atoms with Gasteiger partial charge in [0.1, 0.15) is 0 Å². The van der Waals surface area contributed by atoms with E-state index in [-0.39, 0.29) is 18.2 Å². The Kier molecular flexibility index (Phi) is 4.65. The van der Waals surface area contributed by atoms with Crippen LogP contribution in [0.25, 0.3) is 0 Å². The Labute approximate surface area is 109 Å². The number of amides is 1. The van der Waals surface area contributed by atoms with Crippen molar-refractivity contribution in [3.8, 4) is 0 Å². The molecule has 0 atom stereocenters. The van der Waals surface area contributed by atoms with Gasteiger partial charge in [-0.15, -0.1) is 0 Å². The molecule has 0 aliphatic rings. The first kappa shape index (κ1) is 14.4. The van der Waals surface area contributed by atoms with Gasteiger partial charge in [0, 0.05) is 11.0 Å². The van der Waals surface area contributed by atoms with E-state index in [9.17, 15) is 9.59 Å². The number of hydrogen-bond acceptors (Lipinski definition) is 2. The van der Waals surface area contributed by atoms with Crippen LogP contribution in [0.5, 0.6) is 0 Å². The molecule has 98 valence electrons. The van der Waals surface area contributed by atoms with E-state index in [4.69, 9.17) is 0 Å². The summed E-state index contributed by atoms with van der Waals surface area (Å²) in [6.45, 7) is 7.59. The van der Waals surface area contributed by atoms with Gasteiger partial charge in [-0.2, -0.15) is 0 Å². The predicted octanol–water partition coefficient (Wildman–Crippen LogP) is 2.59. The maximum absolute atomic E-state index is 11.9. The molecule has 0 aliphatic carbocycles. The summed E-state index contributed by atoms with van der Waals surface area (Å²) >= 11 is 0. The van der Waals surface area contributed by atoms with Crippen LogP contribution in [0.2, 0.25) is 0 Å². The molecule has 1 rings (SSSR count). The number of carbonyl (C=O) groups excluding carboxylic acids is 2. The van der Waals surface area contributed by atoms with E-state index in [0.29, 0.717) is 5.56 Å². The topological polar surface area (TPSA) is 46.2 Å². The van der Waals surface area contributed by atoms with Crippen molar-refractivity contribution in [3.05, 3.63) is 35.4 Å². The van der Waals surface area contributed by atoms with Crippen LogP contribution < -0.4 is 5.32 Å². The lowest BCUT2D eigenvalue weighted by Crippen LogP contribution is -2.37. The number of ketones is 1. The standard InChI is InChI=1S/C15H21NO2/c1-5-11-6-8-12(9-7-11)13(17)10-16-14(18)15(2,3)4/h6-9H,5,10H2,1-4H3,(H,16,18). The SMILES string of the molecule is CCc1ccc(C(=O)CNC(=O)C(C)(C)C)cc1. The molecule has 0 unspecified atom stereocenters. The van der Waals surface area contributed by atoms with Crippen LogP contribution in [0, 0.1) is 5.41 Å². The molecule has 1 aromatic carbocycles. The number of nitrogens with one attached hydrogen (secondary N) is 1. The summed E-state index contributed by atoms with van der Waals surface area (Å²) in [5, 5.41) is 2.66. The lowest BCUT2D eigenvalue weighted by molar-refractivity contribution is -0.128. The molecule has 0 aromatic heterocycles. The molecular formula is C15H21NO2. The maximum Gasteiger partial charge on any atom is 0.225 e. The molecule has 0 heterocycles. The minimum Gasteiger partial charge on any atom is -0.348 e. The third-order valence-electron chi connectivity index (χ3n) is 2.77. The van der Waals surface area contributed by atoms with E-state index in [1.807, 2.05) is 45.0 Å². The van der Waals surface area contributed by atoms with Crippen molar-refractivity contribution in [2.24, 2.45) is 5.41 Å². The molecule has 0 spiro atoms. The lowest BCUT2D eigenvalue weighted by Gasteiger charge is -2.17. The highest BCUT2D eigenvalue weighted by Crippen LogP contribution is 2.12. The van der Waals surface area contributed by atoms with Crippen molar-refractivity contribution < 1.29 is 9.59 Å². The fourth-order valence-corrected chi connectivity index (χ4v) is 1.45. The Morgan fingerprint density at radius 2 is 1.67 bits per heavy atom. The summed E-state index contributed by atoms with van der Waals surface area (Å²) in [4.78, 5) is 23.5. The Balaban J connectivity index is 2.58. The fourth-order valence-electron chi connectivity index (χ4n) is 1.45. The predicted molar refractivity (Wildman–Crippen MR) is 72.6 cm³/mol. The smallest absolute Gasteiger partial charge is 0.225 e. The zero-order valence-corrected chi connectivity index (χ0v) is 11.5. The monoisotopic (exact) mass is 247 g/mol. The molecule has 1 aromatic rings. The molecule has 3 heteroatoms. The van der Waals surface area contributed by atoms with Crippen LogP contribution in [-0.2, 0) is 11.2 Å². The van der Waals surface area contributed by atoms with Gasteiger partial charge in [-0.3, -0.25) is 9.59 Å². The van der Waals surface area contributed by atoms with E-state index >= 15 is 0 Å². The summed E-state index contributed by atoms with van der Waals surface area (Å²) in [6, 6.07) is 7.51. The molecule has 0 saturated heterocycles. The highest BCUT2D eigenvalue weighted by atomic mass is 16.2. The molecule has 0 bridgehead atoms. The highest BCUT2D eigenvalue weighted by molar-refractivity contribution is 5.99. The molecule has 0 aliphatic heterocycles. The van der Waals surface area contributed by atoms with Gasteiger partial charge in [0.25, 0.3) is 0 Å². The van der Waals surface area contributed by atoms with Gasteiger partial charge < -0.3 is 5.32 Å². The second kappa shape index (κ2) is 5.80. The Bertz CT molecular complexity index is 427. The van der Waals surface area contributed by atoms with E-state index in [1.165, 1.54) is 5.56 Å². The normalized spacial score (nSPS) is 11.1. The largest absolute Gasteiger partial charge is 0.348 e. The molecule has 0 radical (unpaired) electrons. The molecule has 1 N–H and O–H groups in total. The zero-order chi connectivity index (χ0) is 13.8. The van der Waals surface area contributed by atoms with E-state index in [0.717, 1.165) is 6.42 Å². The fraction of sp³-hybridized carbons (Fsp3) is 0.467. The van der Waals surface area contributed by atoms with Gasteiger partial charge in [-0.05, 0) is 12.0 Å². The first-order chi connectivity index (χ1) is 8.34. The molecule has 0 saturated carbocycles. The number of hydrogen-bond donors (Lipinski definition) is 1. The van der Waals surface area contributed by atoms with E-state index in [1.54, 1.807) is 0 Å². The van der Waals surface area contributed by atoms with Gasteiger partial charge in [0.05, 0.1) is 6.54 Å². The summed E-state index contributed by atoms with van der Waals surface area (Å²) in [5.74, 6) is -0.170. The minimum atomic E-state index is -0.466. The number of benzene rings is 1. The summed E-state index contributed by atoms with van der Waals surface area (Å²) < 4.78 is 0. The Morgan fingerprint density at radius 1 is 1.11 bits per heavy atom. The molecule has 1 amide bonds. The van der Waals surface area contributed by atoms with E-state index in [2.05, 4.69) is 12.2 Å². The zero-order valence-electron chi connectivity index (χ0n) is 11.5. The third kappa shape index (κ3) is 3.99. The van der Waals surface area contributed by atoms with Crippen molar-refractivity contribution in [2.75, 3.05) is 6.54 Å². The lowest BCUT2D eigenvalue weighted by atomic mass is 9.95. The molecular weight excluding hydrogens is 226 g/mol. The van der Waals surface area contributed by atoms with Crippen LogP contribution in [0.3, 0.4) is 0 Å². The number of aryl methyl sites for hydroxylation is 1. The van der Waals surface area contributed by atoms with Gasteiger partial charge in [0.15, 0.2) is 5.78 Å². The quantitative estimate of drug-likeness (QED) is 0.831. The average Bonchev–Trinajstić information content (AvgIpc) is 2.34. The highest BCUT2D eigenvalue weighted by Gasteiger charge is 2.21. The molecule has 0 fully saturated rings. The first-order valence-electron chi connectivity index (χ1n) is 6.25. The van der Waals surface area contributed by atoms with Crippen LogP contribution in [0.15, 0.2) is 24.3 Å². The van der Waals surface area contributed by atoms with E-state index < -0.39 is 5.41 Å². The van der Waals surface area contributed by atoms with Crippen LogP contribution in [0.1, 0.15) is 43.6 Å². The Morgan fingerprint density at radius 3 is 2.11 bits per heavy atom. The third-order valence-corrected chi connectivity index (χ3v) is 2.77. The van der Waals surface area contributed by atoms with Crippen molar-refractivity contribution in [3.63, 3.8) is 0 Å². The summed E-state index contributed by atoms with van der Waals surface area (Å²) in [7, 11) is 0. The Hall–Kier alpha value is -1.64. The van der Waals surface area contributed by atoms with Crippen molar-refractivity contribution in [2.45, 2.75) is 34.1 Å². The van der Waals surface area contributed by atoms with Gasteiger partial charge in [0.2, 0.25) is 5.91 Å². The second-order valence-corrected chi connectivity index (χ2v) is 5.41. The minimum absolute atomic E-state index is 0.0571. The number of rotatable bonds is 4.